The maximum absolute atomic E-state index is 13.2. The van der Waals surface area contributed by atoms with Gasteiger partial charge in [0.15, 0.2) is 0 Å². The summed E-state index contributed by atoms with van der Waals surface area (Å²) in [4.78, 5) is 13.2. The molecule has 0 aromatic heterocycles. The van der Waals surface area contributed by atoms with Crippen LogP contribution in [0.5, 0.6) is 0 Å². The highest BCUT2D eigenvalue weighted by Crippen LogP contribution is 2.66. The van der Waals surface area contributed by atoms with Crippen molar-refractivity contribution in [2.75, 3.05) is 0 Å². The highest BCUT2D eigenvalue weighted by Gasteiger charge is 2.61. The standard InChI is InChI=1S/C21H32O/c1-13-9-10-20(3)15(11-13)6-7-16-17-8-5-14(2)21(17,4)12-18(22)19(16)20/h13,15-17,19H,2,5-12H2,1,3-4H3/t13-,15+,16+,17+,19-,20+,21-/m1/s1. The Morgan fingerprint density at radius 3 is 2.68 bits per heavy atom. The first-order valence-corrected chi connectivity index (χ1v) is 9.57. The minimum absolute atomic E-state index is 0.128. The van der Waals surface area contributed by atoms with Gasteiger partial charge in [0.2, 0.25) is 0 Å². The molecule has 4 aliphatic carbocycles. The second-order valence-electron chi connectivity index (χ2n) is 9.61. The van der Waals surface area contributed by atoms with Gasteiger partial charge in [-0.1, -0.05) is 39.3 Å². The maximum atomic E-state index is 13.2. The predicted molar refractivity (Wildman–Crippen MR) is 90.4 cm³/mol. The first-order chi connectivity index (χ1) is 10.4. The summed E-state index contributed by atoms with van der Waals surface area (Å²) in [5.74, 6) is 4.01. The van der Waals surface area contributed by atoms with Crippen LogP contribution >= 0.6 is 0 Å². The van der Waals surface area contributed by atoms with E-state index in [9.17, 15) is 4.79 Å². The lowest BCUT2D eigenvalue weighted by molar-refractivity contribution is -0.154. The highest BCUT2D eigenvalue weighted by atomic mass is 16.1. The van der Waals surface area contributed by atoms with Crippen molar-refractivity contribution in [1.82, 2.24) is 0 Å². The van der Waals surface area contributed by atoms with Crippen molar-refractivity contribution in [3.05, 3.63) is 12.2 Å². The van der Waals surface area contributed by atoms with Gasteiger partial charge in [0.1, 0.15) is 5.78 Å². The van der Waals surface area contributed by atoms with Crippen molar-refractivity contribution < 1.29 is 4.79 Å². The van der Waals surface area contributed by atoms with E-state index in [0.29, 0.717) is 23.0 Å². The predicted octanol–water partition coefficient (Wildman–Crippen LogP) is 5.40. The van der Waals surface area contributed by atoms with Crippen LogP contribution in [-0.2, 0) is 4.79 Å². The van der Waals surface area contributed by atoms with Gasteiger partial charge in [-0.15, -0.1) is 0 Å². The molecular formula is C21H32O. The fraction of sp³-hybridized carbons (Fsp3) is 0.857. The van der Waals surface area contributed by atoms with Crippen molar-refractivity contribution >= 4 is 5.78 Å². The van der Waals surface area contributed by atoms with Gasteiger partial charge in [-0.05, 0) is 73.0 Å². The van der Waals surface area contributed by atoms with E-state index in [1.54, 1.807) is 0 Å². The van der Waals surface area contributed by atoms with Crippen LogP contribution in [-0.4, -0.2) is 5.78 Å². The molecular weight excluding hydrogens is 268 g/mol. The second kappa shape index (κ2) is 4.71. The lowest BCUT2D eigenvalue weighted by Gasteiger charge is -2.59. The van der Waals surface area contributed by atoms with E-state index in [-0.39, 0.29) is 5.41 Å². The van der Waals surface area contributed by atoms with E-state index in [2.05, 4.69) is 27.4 Å². The highest BCUT2D eigenvalue weighted by molar-refractivity contribution is 5.84. The molecule has 0 spiro atoms. The van der Waals surface area contributed by atoms with Gasteiger partial charge in [0.25, 0.3) is 0 Å². The molecule has 0 heterocycles. The van der Waals surface area contributed by atoms with Gasteiger partial charge in [0, 0.05) is 12.3 Å². The summed E-state index contributed by atoms with van der Waals surface area (Å²) in [5.41, 5.74) is 1.80. The van der Waals surface area contributed by atoms with Crippen LogP contribution in [0, 0.1) is 40.4 Å². The zero-order chi connectivity index (χ0) is 15.7. The molecule has 4 fully saturated rings. The molecule has 4 aliphatic rings. The van der Waals surface area contributed by atoms with E-state index in [1.807, 2.05) is 0 Å². The first-order valence-electron chi connectivity index (χ1n) is 9.57. The molecule has 0 N–H and O–H groups in total. The number of allylic oxidation sites excluding steroid dienone is 1. The van der Waals surface area contributed by atoms with Crippen molar-refractivity contribution in [3.63, 3.8) is 0 Å². The van der Waals surface area contributed by atoms with Crippen LogP contribution in [0.3, 0.4) is 0 Å². The molecule has 0 bridgehead atoms. The Morgan fingerprint density at radius 2 is 1.91 bits per heavy atom. The number of hydrogen-bond acceptors (Lipinski definition) is 1. The van der Waals surface area contributed by atoms with Crippen LogP contribution in [0.1, 0.15) is 72.1 Å². The fourth-order valence-electron chi connectivity index (χ4n) is 7.19. The maximum Gasteiger partial charge on any atom is 0.137 e. The van der Waals surface area contributed by atoms with E-state index in [4.69, 9.17) is 0 Å². The fourth-order valence-corrected chi connectivity index (χ4v) is 7.19. The molecule has 0 aromatic carbocycles. The van der Waals surface area contributed by atoms with Crippen LogP contribution in [0.4, 0.5) is 0 Å². The SMILES string of the molecule is C=C1CC[C@H]2[C@@H]3CC[C@H]4C[C@H](C)CC[C@]4(C)[C@H]3C(=O)C[C@]12C. The third-order valence-electron chi connectivity index (χ3n) is 8.57. The van der Waals surface area contributed by atoms with Crippen molar-refractivity contribution in [3.8, 4) is 0 Å². The summed E-state index contributed by atoms with van der Waals surface area (Å²) in [5, 5.41) is 0. The molecule has 122 valence electrons. The molecule has 1 heteroatoms. The van der Waals surface area contributed by atoms with Gasteiger partial charge in [0.05, 0.1) is 0 Å². The lowest BCUT2D eigenvalue weighted by Crippen LogP contribution is -2.56. The largest absolute Gasteiger partial charge is 0.299 e. The zero-order valence-corrected chi connectivity index (χ0v) is 14.7. The molecule has 0 unspecified atom stereocenters. The number of carbonyl (C=O) groups excluding carboxylic acids is 1. The minimum atomic E-state index is 0.128. The average molecular weight is 300 g/mol. The number of fused-ring (bicyclic) bond motifs is 5. The summed E-state index contributed by atoms with van der Waals surface area (Å²) in [6.07, 6.45) is 9.90. The van der Waals surface area contributed by atoms with Crippen molar-refractivity contribution in [2.24, 2.45) is 40.4 Å². The van der Waals surface area contributed by atoms with E-state index < -0.39 is 0 Å². The number of rotatable bonds is 0. The monoisotopic (exact) mass is 300 g/mol. The van der Waals surface area contributed by atoms with Gasteiger partial charge >= 0.3 is 0 Å². The molecule has 0 aromatic rings. The third kappa shape index (κ3) is 1.80. The molecule has 0 radical (unpaired) electrons. The van der Waals surface area contributed by atoms with Gasteiger partial charge < -0.3 is 0 Å². The zero-order valence-electron chi connectivity index (χ0n) is 14.7. The molecule has 1 nitrogen and oxygen atoms in total. The molecule has 4 saturated carbocycles. The molecule has 0 saturated heterocycles. The quantitative estimate of drug-likeness (QED) is 0.547. The van der Waals surface area contributed by atoms with Gasteiger partial charge in [-0.25, -0.2) is 0 Å². The number of hydrogen-bond donors (Lipinski definition) is 0. The Bertz CT molecular complexity index is 520. The van der Waals surface area contributed by atoms with Crippen LogP contribution in [0.15, 0.2) is 12.2 Å². The Kier molecular flexibility index (Phi) is 3.20. The lowest BCUT2D eigenvalue weighted by atomic mass is 9.44. The molecule has 0 aliphatic heterocycles. The number of ketones is 1. The van der Waals surface area contributed by atoms with E-state index in [0.717, 1.165) is 30.6 Å². The smallest absolute Gasteiger partial charge is 0.137 e. The number of Topliss-reactive ketones (excluding diaryl/α,β-unsaturated/α-hetero) is 1. The normalized spacial score (nSPS) is 54.6. The first kappa shape index (κ1) is 15.0. The summed E-state index contributed by atoms with van der Waals surface area (Å²) in [6, 6.07) is 0. The molecule has 22 heavy (non-hydrogen) atoms. The topological polar surface area (TPSA) is 17.1 Å². The van der Waals surface area contributed by atoms with E-state index >= 15 is 0 Å². The number of carbonyl (C=O) groups is 1. The summed E-state index contributed by atoms with van der Waals surface area (Å²) < 4.78 is 0. The van der Waals surface area contributed by atoms with Gasteiger partial charge in [-0.2, -0.15) is 0 Å². The van der Waals surface area contributed by atoms with Crippen LogP contribution in [0.25, 0.3) is 0 Å². The second-order valence-corrected chi connectivity index (χ2v) is 9.61. The Labute approximate surface area is 135 Å². The van der Waals surface area contributed by atoms with Crippen molar-refractivity contribution in [1.29, 1.82) is 0 Å². The minimum Gasteiger partial charge on any atom is -0.299 e. The van der Waals surface area contributed by atoms with E-state index in [1.165, 1.54) is 44.1 Å². The van der Waals surface area contributed by atoms with Crippen molar-refractivity contribution in [2.45, 2.75) is 72.1 Å². The Morgan fingerprint density at radius 1 is 1.14 bits per heavy atom. The van der Waals surface area contributed by atoms with Gasteiger partial charge in [-0.3, -0.25) is 4.79 Å². The summed E-state index contributed by atoms with van der Waals surface area (Å²) >= 11 is 0. The molecule has 7 atom stereocenters. The third-order valence-corrected chi connectivity index (χ3v) is 8.57. The van der Waals surface area contributed by atoms with Crippen LogP contribution in [0.2, 0.25) is 0 Å². The summed E-state index contributed by atoms with van der Waals surface area (Å²) in [7, 11) is 0. The Balaban J connectivity index is 1.71. The Hall–Kier alpha value is -0.590. The summed E-state index contributed by atoms with van der Waals surface area (Å²) in [6.45, 7) is 11.6. The molecule has 0 amide bonds. The molecule has 4 rings (SSSR count). The van der Waals surface area contributed by atoms with Crippen LogP contribution < -0.4 is 0 Å². The average Bonchev–Trinajstić information content (AvgIpc) is 2.75.